The SMILES string of the molecule is Cc1ccc([N+](=O)[O-])c([C@@H]2C[C@H]2C(=O)O)c1. The molecule has 0 unspecified atom stereocenters. The number of benzene rings is 1. The van der Waals surface area contributed by atoms with E-state index in [4.69, 9.17) is 5.11 Å². The summed E-state index contributed by atoms with van der Waals surface area (Å²) in [5, 5.41) is 19.6. The van der Waals surface area contributed by atoms with Gasteiger partial charge in [0.25, 0.3) is 5.69 Å². The van der Waals surface area contributed by atoms with Crippen molar-refractivity contribution < 1.29 is 14.8 Å². The molecule has 5 nitrogen and oxygen atoms in total. The van der Waals surface area contributed by atoms with Gasteiger partial charge in [0.15, 0.2) is 0 Å². The Morgan fingerprint density at radius 3 is 2.75 bits per heavy atom. The first-order valence-corrected chi connectivity index (χ1v) is 4.98. The zero-order valence-electron chi connectivity index (χ0n) is 8.71. The van der Waals surface area contributed by atoms with E-state index in [9.17, 15) is 14.9 Å². The van der Waals surface area contributed by atoms with E-state index in [0.717, 1.165) is 5.56 Å². The van der Waals surface area contributed by atoms with Crippen molar-refractivity contribution in [2.24, 2.45) is 5.92 Å². The first-order chi connectivity index (χ1) is 7.50. The Morgan fingerprint density at radius 2 is 2.25 bits per heavy atom. The standard InChI is InChI=1S/C11H11NO4/c1-6-2-3-10(12(15)16)8(4-6)7-5-9(7)11(13)14/h2-4,7,9H,5H2,1H3,(H,13,14)/t7-,9+/m0/s1. The van der Waals surface area contributed by atoms with E-state index >= 15 is 0 Å². The molecule has 1 N–H and O–H groups in total. The topological polar surface area (TPSA) is 80.4 Å². The van der Waals surface area contributed by atoms with Gasteiger partial charge in [-0.05, 0) is 19.4 Å². The van der Waals surface area contributed by atoms with Crippen LogP contribution in [0.5, 0.6) is 0 Å². The van der Waals surface area contributed by atoms with Crippen LogP contribution in [0.3, 0.4) is 0 Å². The van der Waals surface area contributed by atoms with E-state index in [1.165, 1.54) is 6.07 Å². The molecule has 1 aliphatic carbocycles. The minimum Gasteiger partial charge on any atom is -0.481 e. The second kappa shape index (κ2) is 3.59. The molecular formula is C11H11NO4. The lowest BCUT2D eigenvalue weighted by Gasteiger charge is -2.02. The first kappa shape index (κ1) is 10.6. The van der Waals surface area contributed by atoms with E-state index in [0.29, 0.717) is 12.0 Å². The zero-order chi connectivity index (χ0) is 11.9. The molecule has 1 aromatic carbocycles. The van der Waals surface area contributed by atoms with Crippen LogP contribution in [0.1, 0.15) is 23.5 Å². The van der Waals surface area contributed by atoms with Gasteiger partial charge in [-0.15, -0.1) is 0 Å². The van der Waals surface area contributed by atoms with Crippen molar-refractivity contribution in [3.63, 3.8) is 0 Å². The predicted octanol–water partition coefficient (Wildman–Crippen LogP) is 2.09. The zero-order valence-corrected chi connectivity index (χ0v) is 8.71. The molecule has 1 aromatic rings. The van der Waals surface area contributed by atoms with Crippen molar-refractivity contribution in [3.05, 3.63) is 39.4 Å². The van der Waals surface area contributed by atoms with E-state index in [1.807, 2.05) is 6.92 Å². The fourth-order valence-corrected chi connectivity index (χ4v) is 1.95. The van der Waals surface area contributed by atoms with Crippen molar-refractivity contribution in [1.82, 2.24) is 0 Å². The fraction of sp³-hybridized carbons (Fsp3) is 0.364. The average molecular weight is 221 g/mol. The molecule has 84 valence electrons. The van der Waals surface area contributed by atoms with Crippen LogP contribution in [0.25, 0.3) is 0 Å². The molecule has 1 saturated carbocycles. The maximum atomic E-state index is 10.8. The first-order valence-electron chi connectivity index (χ1n) is 4.98. The Hall–Kier alpha value is -1.91. The normalized spacial score (nSPS) is 22.8. The number of hydrogen-bond acceptors (Lipinski definition) is 3. The number of carboxylic acid groups (broad SMARTS) is 1. The minimum absolute atomic E-state index is 0.0272. The largest absolute Gasteiger partial charge is 0.481 e. The van der Waals surface area contributed by atoms with Gasteiger partial charge in [0.05, 0.1) is 10.8 Å². The molecule has 0 aromatic heterocycles. The number of carbonyl (C=O) groups is 1. The van der Waals surface area contributed by atoms with Gasteiger partial charge in [-0.25, -0.2) is 0 Å². The van der Waals surface area contributed by atoms with Gasteiger partial charge in [0.1, 0.15) is 0 Å². The van der Waals surface area contributed by atoms with Crippen LogP contribution < -0.4 is 0 Å². The molecule has 0 amide bonds. The number of aryl methyl sites for hydroxylation is 1. The number of nitrogens with zero attached hydrogens (tertiary/aromatic N) is 1. The highest BCUT2D eigenvalue weighted by Gasteiger charge is 2.46. The monoisotopic (exact) mass is 221 g/mol. The Bertz CT molecular complexity index is 469. The fourth-order valence-electron chi connectivity index (χ4n) is 1.95. The molecule has 16 heavy (non-hydrogen) atoms. The third-order valence-corrected chi connectivity index (χ3v) is 2.89. The van der Waals surface area contributed by atoms with Gasteiger partial charge in [-0.2, -0.15) is 0 Å². The summed E-state index contributed by atoms with van der Waals surface area (Å²) in [7, 11) is 0. The Labute approximate surface area is 91.9 Å². The summed E-state index contributed by atoms with van der Waals surface area (Å²) >= 11 is 0. The molecule has 0 spiro atoms. The van der Waals surface area contributed by atoms with Crippen molar-refractivity contribution in [2.75, 3.05) is 0 Å². The number of nitro benzene ring substituents is 1. The number of nitro groups is 1. The van der Waals surface area contributed by atoms with Gasteiger partial charge >= 0.3 is 5.97 Å². The van der Waals surface area contributed by atoms with Gasteiger partial charge in [0.2, 0.25) is 0 Å². The predicted molar refractivity (Wildman–Crippen MR) is 56.3 cm³/mol. The molecule has 2 atom stereocenters. The quantitative estimate of drug-likeness (QED) is 0.626. The number of aliphatic carboxylic acids is 1. The molecule has 0 bridgehead atoms. The lowest BCUT2D eigenvalue weighted by atomic mass is 10.0. The molecule has 1 aliphatic rings. The van der Waals surface area contributed by atoms with Crippen LogP contribution in [-0.2, 0) is 4.79 Å². The van der Waals surface area contributed by atoms with Crippen LogP contribution in [0.2, 0.25) is 0 Å². The molecule has 0 aliphatic heterocycles. The summed E-state index contributed by atoms with van der Waals surface area (Å²) in [5.41, 5.74) is 1.49. The molecule has 1 fully saturated rings. The van der Waals surface area contributed by atoms with Crippen molar-refractivity contribution in [2.45, 2.75) is 19.3 Å². The van der Waals surface area contributed by atoms with Crippen molar-refractivity contribution in [1.29, 1.82) is 0 Å². The molecule has 0 saturated heterocycles. The summed E-state index contributed by atoms with van der Waals surface area (Å²) in [6, 6.07) is 4.83. The second-order valence-electron chi connectivity index (χ2n) is 4.11. The number of hydrogen-bond donors (Lipinski definition) is 1. The van der Waals surface area contributed by atoms with Crippen molar-refractivity contribution >= 4 is 11.7 Å². The van der Waals surface area contributed by atoms with Crippen LogP contribution in [0.4, 0.5) is 5.69 Å². The number of rotatable bonds is 3. The summed E-state index contributed by atoms with van der Waals surface area (Å²) in [6.45, 7) is 1.84. The third-order valence-electron chi connectivity index (χ3n) is 2.89. The molecular weight excluding hydrogens is 210 g/mol. The Balaban J connectivity index is 2.37. The Kier molecular flexibility index (Phi) is 2.38. The van der Waals surface area contributed by atoms with Gasteiger partial charge in [-0.3, -0.25) is 14.9 Å². The van der Waals surface area contributed by atoms with Gasteiger partial charge in [-0.1, -0.05) is 11.6 Å². The van der Waals surface area contributed by atoms with Crippen LogP contribution in [0.15, 0.2) is 18.2 Å². The van der Waals surface area contributed by atoms with Crippen LogP contribution >= 0.6 is 0 Å². The third kappa shape index (κ3) is 1.76. The number of carboxylic acids is 1. The lowest BCUT2D eigenvalue weighted by Crippen LogP contribution is -2.01. The van der Waals surface area contributed by atoms with Crippen molar-refractivity contribution in [3.8, 4) is 0 Å². The van der Waals surface area contributed by atoms with Crippen LogP contribution in [-0.4, -0.2) is 16.0 Å². The minimum atomic E-state index is -0.874. The molecule has 0 heterocycles. The smallest absolute Gasteiger partial charge is 0.307 e. The van der Waals surface area contributed by atoms with E-state index < -0.39 is 16.8 Å². The molecule has 2 rings (SSSR count). The highest BCUT2D eigenvalue weighted by molar-refractivity contribution is 5.76. The summed E-state index contributed by atoms with van der Waals surface area (Å²) < 4.78 is 0. The van der Waals surface area contributed by atoms with E-state index in [1.54, 1.807) is 12.1 Å². The highest BCUT2D eigenvalue weighted by atomic mass is 16.6. The van der Waals surface area contributed by atoms with E-state index in [2.05, 4.69) is 0 Å². The van der Waals surface area contributed by atoms with Gasteiger partial charge < -0.3 is 5.11 Å². The molecule has 0 radical (unpaired) electrons. The Morgan fingerprint density at radius 1 is 1.56 bits per heavy atom. The summed E-state index contributed by atoms with van der Waals surface area (Å²) in [5.74, 6) is -1.53. The maximum Gasteiger partial charge on any atom is 0.307 e. The van der Waals surface area contributed by atoms with Crippen LogP contribution in [0, 0.1) is 23.0 Å². The van der Waals surface area contributed by atoms with E-state index in [-0.39, 0.29) is 11.6 Å². The summed E-state index contributed by atoms with van der Waals surface area (Å²) in [4.78, 5) is 21.1. The highest BCUT2D eigenvalue weighted by Crippen LogP contribution is 2.50. The molecule has 5 heteroatoms. The van der Waals surface area contributed by atoms with Gasteiger partial charge in [0, 0.05) is 17.5 Å². The lowest BCUT2D eigenvalue weighted by molar-refractivity contribution is -0.385. The summed E-state index contributed by atoms with van der Waals surface area (Å²) in [6.07, 6.45) is 0.500. The second-order valence-corrected chi connectivity index (χ2v) is 4.11. The average Bonchev–Trinajstić information content (AvgIpc) is 2.96. The maximum absolute atomic E-state index is 10.8.